The first kappa shape index (κ1) is 23.2. The highest BCUT2D eigenvalue weighted by Gasteiger charge is 2.14. The van der Waals surface area contributed by atoms with E-state index in [4.69, 9.17) is 11.6 Å². The van der Waals surface area contributed by atoms with Crippen molar-refractivity contribution in [2.45, 2.75) is 19.5 Å². The van der Waals surface area contributed by atoms with Crippen LogP contribution in [0, 0.1) is 0 Å². The molecule has 1 aliphatic heterocycles. The minimum Gasteiger partial charge on any atom is -0.362 e. The maximum atomic E-state index is 12.8. The van der Waals surface area contributed by atoms with Crippen LogP contribution in [0.4, 0.5) is 11.5 Å². The molecule has 1 aromatic heterocycles. The number of amides is 1. The fraction of sp³-hybridized carbons (Fsp3) is 0.320. The molecule has 1 amide bonds. The Bertz CT molecular complexity index is 1080. The van der Waals surface area contributed by atoms with Crippen LogP contribution >= 0.6 is 11.6 Å². The van der Waals surface area contributed by atoms with Crippen molar-refractivity contribution in [1.29, 1.82) is 0 Å². The number of hydrogen-bond donors (Lipinski definition) is 2. The number of piperazine rings is 1. The summed E-state index contributed by atoms with van der Waals surface area (Å²) in [7, 11) is 2.16. The molecule has 3 aromatic rings. The van der Waals surface area contributed by atoms with Gasteiger partial charge in [0.1, 0.15) is 11.0 Å². The fourth-order valence-electron chi connectivity index (χ4n) is 3.83. The van der Waals surface area contributed by atoms with Crippen molar-refractivity contribution < 1.29 is 4.79 Å². The zero-order chi connectivity index (χ0) is 23.2. The second-order valence-corrected chi connectivity index (χ2v) is 8.84. The number of nitrogens with zero attached hydrogens (tertiary/aromatic N) is 4. The van der Waals surface area contributed by atoms with Gasteiger partial charge in [-0.3, -0.25) is 14.7 Å². The molecule has 4 rings (SSSR count). The third-order valence-electron chi connectivity index (χ3n) is 5.83. The van der Waals surface area contributed by atoms with E-state index >= 15 is 0 Å². The molecule has 2 heterocycles. The average molecular weight is 465 g/mol. The lowest BCUT2D eigenvalue weighted by Gasteiger charge is -2.32. The van der Waals surface area contributed by atoms with E-state index in [0.29, 0.717) is 16.5 Å². The van der Waals surface area contributed by atoms with E-state index < -0.39 is 0 Å². The first-order valence-corrected chi connectivity index (χ1v) is 11.5. The predicted molar refractivity (Wildman–Crippen MR) is 133 cm³/mol. The van der Waals surface area contributed by atoms with Gasteiger partial charge in [0.15, 0.2) is 0 Å². The summed E-state index contributed by atoms with van der Waals surface area (Å²) in [5.41, 5.74) is 3.62. The van der Waals surface area contributed by atoms with Gasteiger partial charge in [-0.2, -0.15) is 0 Å². The summed E-state index contributed by atoms with van der Waals surface area (Å²) in [6.45, 7) is 7.28. The molecular formula is C25H29ClN6O. The third kappa shape index (κ3) is 6.51. The summed E-state index contributed by atoms with van der Waals surface area (Å²) in [5, 5.41) is 6.61. The fourth-order valence-corrected chi connectivity index (χ4v) is 3.98. The van der Waals surface area contributed by atoms with E-state index in [-0.39, 0.29) is 11.9 Å². The van der Waals surface area contributed by atoms with E-state index in [2.05, 4.69) is 37.4 Å². The van der Waals surface area contributed by atoms with E-state index in [1.807, 2.05) is 55.5 Å². The normalized spacial score (nSPS) is 15.7. The minimum atomic E-state index is -0.125. The Morgan fingerprint density at radius 3 is 2.58 bits per heavy atom. The molecule has 0 aliphatic carbocycles. The monoisotopic (exact) mass is 464 g/mol. The van der Waals surface area contributed by atoms with Gasteiger partial charge < -0.3 is 15.5 Å². The van der Waals surface area contributed by atoms with Crippen LogP contribution < -0.4 is 10.6 Å². The molecule has 172 valence electrons. The number of hydrogen-bond acceptors (Lipinski definition) is 6. The molecule has 33 heavy (non-hydrogen) atoms. The number of carbonyl (C=O) groups excluding carboxylic acids is 1. The van der Waals surface area contributed by atoms with E-state index in [9.17, 15) is 4.79 Å². The van der Waals surface area contributed by atoms with Crippen molar-refractivity contribution in [2.75, 3.05) is 43.9 Å². The lowest BCUT2D eigenvalue weighted by Crippen LogP contribution is -2.43. The molecule has 2 N–H and O–H groups in total. The highest BCUT2D eigenvalue weighted by molar-refractivity contribution is 6.29. The molecule has 2 aromatic carbocycles. The third-order valence-corrected chi connectivity index (χ3v) is 6.01. The lowest BCUT2D eigenvalue weighted by atomic mass is 10.1. The maximum absolute atomic E-state index is 12.8. The summed E-state index contributed by atoms with van der Waals surface area (Å²) < 4.78 is 0. The van der Waals surface area contributed by atoms with Crippen molar-refractivity contribution in [3.05, 3.63) is 82.8 Å². The van der Waals surface area contributed by atoms with Gasteiger partial charge in [-0.1, -0.05) is 35.9 Å². The van der Waals surface area contributed by atoms with Gasteiger partial charge in [-0.15, -0.1) is 0 Å². The van der Waals surface area contributed by atoms with Crippen molar-refractivity contribution >= 4 is 29.0 Å². The first-order chi connectivity index (χ1) is 16.0. The number of anilines is 2. The Balaban J connectivity index is 1.35. The summed E-state index contributed by atoms with van der Waals surface area (Å²) in [4.78, 5) is 25.8. The Labute approximate surface area is 199 Å². The Morgan fingerprint density at radius 2 is 1.85 bits per heavy atom. The van der Waals surface area contributed by atoms with E-state index in [1.165, 1.54) is 11.8 Å². The second-order valence-electron chi connectivity index (χ2n) is 8.45. The summed E-state index contributed by atoms with van der Waals surface area (Å²) in [6, 6.07) is 15.6. The summed E-state index contributed by atoms with van der Waals surface area (Å²) >= 11 is 5.91. The standard InChI is InChI=1S/C25H29ClN6O/c1-18(28-24-16-27-15-23(26)30-24)21-4-3-5-22(14-21)29-25(33)20-8-6-19(7-9-20)17-32-12-10-31(2)11-13-32/h3-9,14-16,18H,10-13,17H2,1-2H3,(H,28,30)(H,29,33)/t18-/m0/s1. The topological polar surface area (TPSA) is 73.4 Å². The summed E-state index contributed by atoms with van der Waals surface area (Å²) in [6.07, 6.45) is 3.12. The second kappa shape index (κ2) is 10.7. The number of rotatable bonds is 7. The minimum absolute atomic E-state index is 0.0384. The number of halogens is 1. The molecule has 0 radical (unpaired) electrons. The molecular weight excluding hydrogens is 436 g/mol. The van der Waals surface area contributed by atoms with Crippen molar-refractivity contribution in [3.63, 3.8) is 0 Å². The molecule has 7 nitrogen and oxygen atoms in total. The van der Waals surface area contributed by atoms with Gasteiger partial charge in [0.05, 0.1) is 18.4 Å². The molecule has 8 heteroatoms. The molecule has 0 unspecified atom stereocenters. The largest absolute Gasteiger partial charge is 0.362 e. The molecule has 1 atom stereocenters. The van der Waals surface area contributed by atoms with Crippen molar-refractivity contribution in [3.8, 4) is 0 Å². The number of likely N-dealkylation sites (N-methyl/N-ethyl adjacent to an activating group) is 1. The highest BCUT2D eigenvalue weighted by atomic mass is 35.5. The maximum Gasteiger partial charge on any atom is 0.255 e. The van der Waals surface area contributed by atoms with Gasteiger partial charge >= 0.3 is 0 Å². The van der Waals surface area contributed by atoms with Crippen LogP contribution in [0.3, 0.4) is 0 Å². The first-order valence-electron chi connectivity index (χ1n) is 11.1. The lowest BCUT2D eigenvalue weighted by molar-refractivity contribution is 0.102. The molecule has 1 fully saturated rings. The van der Waals surface area contributed by atoms with Crippen LogP contribution in [0.15, 0.2) is 60.9 Å². The van der Waals surface area contributed by atoms with Crippen molar-refractivity contribution in [2.24, 2.45) is 0 Å². The number of benzene rings is 2. The van der Waals surface area contributed by atoms with Crippen LogP contribution in [0.5, 0.6) is 0 Å². The van der Waals surface area contributed by atoms with Gasteiger partial charge in [-0.05, 0) is 49.4 Å². The Kier molecular flexibility index (Phi) is 7.54. The van der Waals surface area contributed by atoms with Gasteiger partial charge in [-0.25, -0.2) is 4.98 Å². The van der Waals surface area contributed by atoms with E-state index in [0.717, 1.165) is 44.0 Å². The molecule has 0 saturated carbocycles. The van der Waals surface area contributed by atoms with Gasteiger partial charge in [0, 0.05) is 44.0 Å². The Hall–Kier alpha value is -3.00. The SMILES string of the molecule is C[C@H](Nc1cncc(Cl)n1)c1cccc(NC(=O)c2ccc(CN3CCN(C)CC3)cc2)c1. The zero-order valence-electron chi connectivity index (χ0n) is 19.0. The van der Waals surface area contributed by atoms with E-state index in [1.54, 1.807) is 6.20 Å². The molecule has 1 aliphatic rings. The predicted octanol–water partition coefficient (Wildman–Crippen LogP) is 4.30. The molecule has 0 bridgehead atoms. The van der Waals surface area contributed by atoms with Crippen LogP contribution in [0.2, 0.25) is 5.15 Å². The smallest absolute Gasteiger partial charge is 0.255 e. The van der Waals surface area contributed by atoms with Crippen LogP contribution in [-0.2, 0) is 6.54 Å². The van der Waals surface area contributed by atoms with Crippen molar-refractivity contribution in [1.82, 2.24) is 19.8 Å². The molecule has 1 saturated heterocycles. The van der Waals surface area contributed by atoms with Gasteiger partial charge in [0.2, 0.25) is 0 Å². The quantitative estimate of drug-likeness (QED) is 0.543. The number of aromatic nitrogens is 2. The summed E-state index contributed by atoms with van der Waals surface area (Å²) in [5.74, 6) is 0.473. The van der Waals surface area contributed by atoms with Gasteiger partial charge in [0.25, 0.3) is 5.91 Å². The van der Waals surface area contributed by atoms with Crippen LogP contribution in [-0.4, -0.2) is 58.9 Å². The average Bonchev–Trinajstić information content (AvgIpc) is 2.81. The Morgan fingerprint density at radius 1 is 1.09 bits per heavy atom. The molecule has 0 spiro atoms. The zero-order valence-corrected chi connectivity index (χ0v) is 19.7. The number of carbonyl (C=O) groups is 1. The number of nitrogens with one attached hydrogen (secondary N) is 2. The highest BCUT2D eigenvalue weighted by Crippen LogP contribution is 2.22. The van der Waals surface area contributed by atoms with Crippen LogP contribution in [0.25, 0.3) is 0 Å². The van der Waals surface area contributed by atoms with Crippen LogP contribution in [0.1, 0.15) is 34.5 Å².